The van der Waals surface area contributed by atoms with Gasteiger partial charge < -0.3 is 14.2 Å². The highest BCUT2D eigenvalue weighted by atomic mass is 33.1. The van der Waals surface area contributed by atoms with Crippen molar-refractivity contribution in [3.8, 4) is 0 Å². The van der Waals surface area contributed by atoms with Gasteiger partial charge in [-0.3, -0.25) is 14.4 Å². The Kier molecular flexibility index (Phi) is 17.3. The smallest absolute Gasteiger partial charge is 0.306 e. The molecule has 0 aromatic carbocycles. The van der Waals surface area contributed by atoms with Crippen LogP contribution < -0.4 is 0 Å². The first-order valence-corrected chi connectivity index (χ1v) is 23.1. The molecule has 3 saturated heterocycles. The summed E-state index contributed by atoms with van der Waals surface area (Å²) in [6.07, 6.45) is 14.4. The molecular formula is C30H48O6S6. The molecule has 4 fully saturated rings. The Morgan fingerprint density at radius 1 is 0.476 bits per heavy atom. The van der Waals surface area contributed by atoms with E-state index in [0.717, 1.165) is 73.5 Å². The SMILES string of the molecule is O=C(CCCCC1CCSS1)OC1CC(OC(=O)CCCCC2CCSS2)CC(OC(=O)CCCCC2CCSS2)C1. The molecule has 1 saturated carbocycles. The van der Waals surface area contributed by atoms with Gasteiger partial charge in [-0.05, 0) is 57.8 Å². The molecule has 0 spiro atoms. The van der Waals surface area contributed by atoms with Crippen molar-refractivity contribution in [2.45, 2.75) is 150 Å². The average molecular weight is 697 g/mol. The van der Waals surface area contributed by atoms with E-state index in [9.17, 15) is 14.4 Å². The number of hydrogen-bond acceptors (Lipinski definition) is 12. The predicted octanol–water partition coefficient (Wildman–Crippen LogP) is 9.05. The number of rotatable bonds is 18. The van der Waals surface area contributed by atoms with Gasteiger partial charge in [-0.2, -0.15) is 0 Å². The van der Waals surface area contributed by atoms with Gasteiger partial charge in [0.25, 0.3) is 0 Å². The number of ether oxygens (including phenoxy) is 3. The lowest BCUT2D eigenvalue weighted by Gasteiger charge is -2.34. The van der Waals surface area contributed by atoms with Gasteiger partial charge in [0.2, 0.25) is 0 Å². The Bertz CT molecular complexity index is 706. The van der Waals surface area contributed by atoms with Gasteiger partial charge in [0, 0.05) is 71.5 Å². The second-order valence-corrected chi connectivity index (χ2v) is 20.1. The summed E-state index contributed by atoms with van der Waals surface area (Å²) in [5, 5.41) is 2.16. The van der Waals surface area contributed by atoms with Crippen molar-refractivity contribution in [2.75, 3.05) is 17.3 Å². The maximum absolute atomic E-state index is 12.7. The number of carbonyl (C=O) groups is 3. The van der Waals surface area contributed by atoms with E-state index in [2.05, 4.69) is 0 Å². The van der Waals surface area contributed by atoms with E-state index in [1.165, 1.54) is 36.5 Å². The second-order valence-electron chi connectivity index (χ2n) is 11.8. The van der Waals surface area contributed by atoms with Crippen molar-refractivity contribution < 1.29 is 28.6 Å². The van der Waals surface area contributed by atoms with E-state index in [4.69, 9.17) is 14.2 Å². The zero-order valence-corrected chi connectivity index (χ0v) is 29.6. The molecule has 1 aliphatic carbocycles. The number of esters is 3. The van der Waals surface area contributed by atoms with Crippen molar-refractivity contribution in [2.24, 2.45) is 0 Å². The molecule has 42 heavy (non-hydrogen) atoms. The summed E-state index contributed by atoms with van der Waals surface area (Å²) in [7, 11) is 11.8. The van der Waals surface area contributed by atoms with E-state index < -0.39 is 18.3 Å². The fraction of sp³-hybridized carbons (Fsp3) is 0.900. The summed E-state index contributed by atoms with van der Waals surface area (Å²) < 4.78 is 17.6. The van der Waals surface area contributed by atoms with Crippen LogP contribution in [-0.4, -0.2) is 69.2 Å². The van der Waals surface area contributed by atoms with Crippen LogP contribution in [0, 0.1) is 0 Å². The highest BCUT2D eigenvalue weighted by molar-refractivity contribution is 8.78. The topological polar surface area (TPSA) is 78.9 Å². The summed E-state index contributed by atoms with van der Waals surface area (Å²) in [5.74, 6) is 3.10. The van der Waals surface area contributed by atoms with Crippen LogP contribution in [0.3, 0.4) is 0 Å². The van der Waals surface area contributed by atoms with E-state index >= 15 is 0 Å². The molecule has 0 bridgehead atoms. The van der Waals surface area contributed by atoms with Gasteiger partial charge in [0.1, 0.15) is 18.3 Å². The molecule has 6 nitrogen and oxygen atoms in total. The van der Waals surface area contributed by atoms with Crippen LogP contribution in [0.25, 0.3) is 0 Å². The summed E-state index contributed by atoms with van der Waals surface area (Å²) in [6.45, 7) is 0. The zero-order chi connectivity index (χ0) is 29.4. The number of carbonyl (C=O) groups excluding carboxylic acids is 3. The van der Waals surface area contributed by atoms with Crippen LogP contribution in [0.1, 0.15) is 116 Å². The standard InChI is InChI=1S/C30H48O6S6/c31-28(10-4-1-7-25-13-16-37-40-25)34-22-19-23(35-29(32)11-5-2-8-26-14-17-38-41-26)21-24(20-22)36-30(33)12-6-3-9-27-15-18-39-42-27/h22-27H,1-21H2. The largest absolute Gasteiger partial charge is 0.462 e. The van der Waals surface area contributed by atoms with Gasteiger partial charge in [0.05, 0.1) is 0 Å². The highest BCUT2D eigenvalue weighted by Crippen LogP contribution is 2.41. The lowest BCUT2D eigenvalue weighted by Crippen LogP contribution is -2.40. The summed E-state index contributed by atoms with van der Waals surface area (Å²) >= 11 is 0. The first kappa shape index (κ1) is 35.4. The molecule has 12 heteroatoms. The minimum atomic E-state index is -0.391. The minimum absolute atomic E-state index is 0.198. The molecule has 0 aromatic rings. The van der Waals surface area contributed by atoms with E-state index in [-0.39, 0.29) is 17.9 Å². The second kappa shape index (κ2) is 20.6. The zero-order valence-electron chi connectivity index (χ0n) is 24.7. The first-order valence-electron chi connectivity index (χ1n) is 16.0. The van der Waals surface area contributed by atoms with E-state index in [1.807, 2.05) is 64.8 Å². The normalized spacial score (nSPS) is 29.4. The third-order valence-electron chi connectivity index (χ3n) is 8.12. The lowest BCUT2D eigenvalue weighted by atomic mass is 9.92. The fourth-order valence-electron chi connectivity index (χ4n) is 5.81. The van der Waals surface area contributed by atoms with Gasteiger partial charge in [-0.15, -0.1) is 0 Å². The van der Waals surface area contributed by atoms with E-state index in [1.54, 1.807) is 0 Å². The monoisotopic (exact) mass is 696 g/mol. The van der Waals surface area contributed by atoms with Gasteiger partial charge in [0.15, 0.2) is 0 Å². The molecule has 0 N–H and O–H groups in total. The maximum atomic E-state index is 12.7. The maximum Gasteiger partial charge on any atom is 0.306 e. The number of hydrogen-bond donors (Lipinski definition) is 0. The third-order valence-corrected chi connectivity index (χ3v) is 17.1. The highest BCUT2D eigenvalue weighted by Gasteiger charge is 2.35. The molecule has 3 aliphatic heterocycles. The molecule has 3 heterocycles. The van der Waals surface area contributed by atoms with Crippen LogP contribution in [0.4, 0.5) is 0 Å². The van der Waals surface area contributed by atoms with Crippen LogP contribution in [0.2, 0.25) is 0 Å². The molecule has 240 valence electrons. The Morgan fingerprint density at radius 3 is 1.05 bits per heavy atom. The molecule has 4 aliphatic rings. The molecule has 0 aromatic heterocycles. The van der Waals surface area contributed by atoms with E-state index in [0.29, 0.717) is 38.5 Å². The Morgan fingerprint density at radius 2 is 0.786 bits per heavy atom. The minimum Gasteiger partial charge on any atom is -0.462 e. The average Bonchev–Trinajstić information content (AvgIpc) is 3.76. The molecule has 0 radical (unpaired) electrons. The molecule has 0 amide bonds. The van der Waals surface area contributed by atoms with Crippen molar-refractivity contribution >= 4 is 82.7 Å². The van der Waals surface area contributed by atoms with Crippen molar-refractivity contribution in [1.82, 2.24) is 0 Å². The summed E-state index contributed by atoms with van der Waals surface area (Å²) in [5.41, 5.74) is 0. The summed E-state index contributed by atoms with van der Waals surface area (Å²) in [6, 6.07) is 0. The third kappa shape index (κ3) is 14.3. The molecule has 4 rings (SSSR count). The number of unbranched alkanes of at least 4 members (excludes halogenated alkanes) is 3. The van der Waals surface area contributed by atoms with Crippen LogP contribution in [0.15, 0.2) is 0 Å². The van der Waals surface area contributed by atoms with Gasteiger partial charge in [-0.25, -0.2) is 0 Å². The Balaban J connectivity index is 1.17. The van der Waals surface area contributed by atoms with Crippen LogP contribution >= 0.6 is 64.8 Å². The van der Waals surface area contributed by atoms with Crippen LogP contribution in [-0.2, 0) is 28.6 Å². The quantitative estimate of drug-likeness (QED) is 0.0594. The summed E-state index contributed by atoms with van der Waals surface area (Å²) in [4.78, 5) is 38.0. The van der Waals surface area contributed by atoms with Gasteiger partial charge >= 0.3 is 17.9 Å². The van der Waals surface area contributed by atoms with Crippen LogP contribution in [0.5, 0.6) is 0 Å². The fourth-order valence-corrected chi connectivity index (χ4v) is 14.9. The molecule has 3 unspecified atom stereocenters. The van der Waals surface area contributed by atoms with Crippen molar-refractivity contribution in [1.29, 1.82) is 0 Å². The molecular weight excluding hydrogens is 649 g/mol. The van der Waals surface area contributed by atoms with Crippen molar-refractivity contribution in [3.63, 3.8) is 0 Å². The molecule has 3 atom stereocenters. The first-order chi connectivity index (χ1) is 20.5. The predicted molar refractivity (Wildman–Crippen MR) is 184 cm³/mol. The Hall–Kier alpha value is 0.510. The van der Waals surface area contributed by atoms with Gasteiger partial charge in [-0.1, -0.05) is 84.0 Å². The van der Waals surface area contributed by atoms with Crippen molar-refractivity contribution in [3.05, 3.63) is 0 Å². The Labute approximate surface area is 276 Å². The lowest BCUT2D eigenvalue weighted by molar-refractivity contribution is -0.169.